The molecule has 14 rings (SSSR count). The Hall–Kier alpha value is -3.48. The van der Waals surface area contributed by atoms with Crippen LogP contribution in [0, 0.1) is 101 Å². The summed E-state index contributed by atoms with van der Waals surface area (Å²) in [5.41, 5.74) is 10.7. The summed E-state index contributed by atoms with van der Waals surface area (Å²) in [6, 6.07) is 0. The Morgan fingerprint density at radius 2 is 0.844 bits per heavy atom. The number of aliphatic hydroxyl groups excluding tert-OH is 3. The van der Waals surface area contributed by atoms with Crippen LogP contribution < -0.4 is 0 Å². The van der Waals surface area contributed by atoms with Crippen molar-refractivity contribution < 1.29 is 24.9 Å². The van der Waals surface area contributed by atoms with Gasteiger partial charge in [-0.3, -0.25) is 9.59 Å². The Kier molecular flexibility index (Phi) is 20.5. The molecule has 0 amide bonds. The molecule has 0 aromatic heterocycles. The largest absolute Gasteiger partial charge is 0.389 e. The molecule has 6 unspecified atom stereocenters. The van der Waals surface area contributed by atoms with Crippen LogP contribution in [0.4, 0.5) is 0 Å². The predicted octanol–water partition coefficient (Wildman–Crippen LogP) is 16.6. The number of fused-ring (bicyclic) bond motifs is 13. The molecule has 5 heteroatoms. The Labute approximate surface area is 468 Å². The van der Waals surface area contributed by atoms with E-state index in [0.29, 0.717) is 17.5 Å². The zero-order valence-corrected chi connectivity index (χ0v) is 46.6. The lowest BCUT2D eigenvalue weighted by Crippen LogP contribution is -2.45. The minimum Gasteiger partial charge on any atom is -0.389 e. The van der Waals surface area contributed by atoms with E-state index < -0.39 is 0 Å². The van der Waals surface area contributed by atoms with Gasteiger partial charge in [-0.15, -0.1) is 12.8 Å². The molecule has 0 saturated heterocycles. The Balaban J connectivity index is 0.000000131. The number of rotatable bonds is 0. The summed E-state index contributed by atoms with van der Waals surface area (Å²) in [6.45, 7) is 4.82. The highest BCUT2D eigenvalue weighted by atomic mass is 16.3. The lowest BCUT2D eigenvalue weighted by molar-refractivity contribution is -0.116. The molecule has 0 aromatic rings. The van der Waals surface area contributed by atoms with E-state index in [-0.39, 0.29) is 44.0 Å². The number of aliphatic hydroxyl groups is 3. The maximum atomic E-state index is 11.7. The van der Waals surface area contributed by atoms with Gasteiger partial charge in [-0.05, 0) is 251 Å². The molecule has 0 aromatic carbocycles. The van der Waals surface area contributed by atoms with Gasteiger partial charge < -0.3 is 15.3 Å². The zero-order chi connectivity index (χ0) is 52.3. The summed E-state index contributed by atoms with van der Waals surface area (Å²) in [6.07, 6.45) is 64.9. The Morgan fingerprint density at radius 3 is 1.35 bits per heavy atom. The molecule has 7 saturated carbocycles. The summed E-state index contributed by atoms with van der Waals surface area (Å²) in [4.78, 5) is 22.7. The zero-order valence-electron chi connectivity index (χ0n) is 46.6. The van der Waals surface area contributed by atoms with Crippen LogP contribution in [-0.4, -0.2) is 45.2 Å². The van der Waals surface area contributed by atoms with E-state index in [0.717, 1.165) is 111 Å². The first-order chi connectivity index (χ1) is 36.3. The lowest BCUT2D eigenvalue weighted by atomic mass is 9.51. The van der Waals surface area contributed by atoms with E-state index >= 15 is 0 Å². The summed E-state index contributed by atoms with van der Waals surface area (Å²) in [7, 11) is 0. The molecule has 0 spiro atoms. The van der Waals surface area contributed by atoms with Gasteiger partial charge in [0.05, 0.1) is 18.3 Å². The topological polar surface area (TPSA) is 94.8 Å². The third-order valence-corrected chi connectivity index (χ3v) is 23.1. The molecule has 0 aliphatic heterocycles. The standard InChI is InChI=1S/C20H26O.C20H24O.2C10H16O.C10H14O.2CH4/c2*1-3-14-5-9-19-18-7-4-13-12-15(21)6-8-16(13)17(18)10-11-20(14,19)2;3*11-10-6-5-8-3-1-2-4-9(8)7-10;;/h1,5,12,15-19,21H,4,6-11H2,2H3;1,5,12,16-19H,4,6-11H2,2H3;2*7-8,10-11H,1-6H2;7-8H,1-6H2;2*1H4/t15-,16-,17?,18?,19?,20+;16-,17?,18?,19?,20+;2*8-,10-;8-;;/m00000../s1. The molecule has 77 heavy (non-hydrogen) atoms. The monoisotopic (exact) mass is 1050 g/mol. The number of carbonyl (C=O) groups is 2. The molecular formula is C72H104O5. The first-order valence-corrected chi connectivity index (χ1v) is 31.3. The van der Waals surface area contributed by atoms with Crippen LogP contribution in [0.2, 0.25) is 0 Å². The van der Waals surface area contributed by atoms with E-state index in [1.54, 1.807) is 16.7 Å². The number of carbonyl (C=O) groups excluding carboxylic acids is 2. The average molecular weight is 1050 g/mol. The van der Waals surface area contributed by atoms with Gasteiger partial charge in [0.2, 0.25) is 0 Å². The smallest absolute Gasteiger partial charge is 0.155 e. The van der Waals surface area contributed by atoms with Gasteiger partial charge in [0.1, 0.15) is 0 Å². The highest BCUT2D eigenvalue weighted by molar-refractivity contribution is 5.91. The highest BCUT2D eigenvalue weighted by Crippen LogP contribution is 2.63. The van der Waals surface area contributed by atoms with Crippen molar-refractivity contribution in [1.29, 1.82) is 0 Å². The van der Waals surface area contributed by atoms with Gasteiger partial charge >= 0.3 is 0 Å². The van der Waals surface area contributed by atoms with Crippen molar-refractivity contribution in [1.82, 2.24) is 0 Å². The van der Waals surface area contributed by atoms with Crippen molar-refractivity contribution in [3.8, 4) is 24.7 Å². The molecule has 422 valence electrons. The molecule has 0 bridgehead atoms. The fourth-order valence-corrected chi connectivity index (χ4v) is 19.0. The Morgan fingerprint density at radius 1 is 0.429 bits per heavy atom. The third kappa shape index (κ3) is 13.0. The molecule has 5 nitrogen and oxygen atoms in total. The molecule has 14 aliphatic rings. The second-order valence-corrected chi connectivity index (χ2v) is 27.0. The predicted molar refractivity (Wildman–Crippen MR) is 318 cm³/mol. The molecule has 14 aliphatic carbocycles. The Bertz CT molecular complexity index is 2370. The average Bonchev–Trinajstić information content (AvgIpc) is 3.99. The fourth-order valence-electron chi connectivity index (χ4n) is 19.0. The molecule has 7 fully saturated rings. The summed E-state index contributed by atoms with van der Waals surface area (Å²) >= 11 is 0. The van der Waals surface area contributed by atoms with Gasteiger partial charge in [-0.25, -0.2) is 0 Å². The third-order valence-electron chi connectivity index (χ3n) is 23.1. The van der Waals surface area contributed by atoms with E-state index in [1.165, 1.54) is 176 Å². The van der Waals surface area contributed by atoms with E-state index in [9.17, 15) is 24.9 Å². The first-order valence-electron chi connectivity index (χ1n) is 31.3. The van der Waals surface area contributed by atoms with Crippen LogP contribution in [0.15, 0.2) is 81.5 Å². The SMILES string of the molecule is C.C.C#CC1=CCC2C3CCC4=CC(=O)CC[C@@H]4C3CC[C@]12C.C#CC1=CCC2C3CCC4=C[C@@H](O)CC[C@@H]4C3CC[C@]12C.O=C1C=C2CCCC[C@H]2CC1.O[C@@H]1C=C2CCCC[C@H]2CC1.O[C@@H]1C=C2CCCC[C@H]2CC1. The van der Waals surface area contributed by atoms with Gasteiger partial charge in [0, 0.05) is 34.8 Å². The number of hydrogen-bond donors (Lipinski definition) is 3. The van der Waals surface area contributed by atoms with Gasteiger partial charge in [0.25, 0.3) is 0 Å². The van der Waals surface area contributed by atoms with Gasteiger partial charge in [-0.1, -0.05) is 118 Å². The van der Waals surface area contributed by atoms with Crippen LogP contribution in [0.1, 0.15) is 234 Å². The van der Waals surface area contributed by atoms with Crippen molar-refractivity contribution in [2.45, 2.75) is 252 Å². The lowest BCUT2D eigenvalue weighted by Gasteiger charge is -2.53. The van der Waals surface area contributed by atoms with Gasteiger partial charge in [0.15, 0.2) is 11.6 Å². The number of hydrogen-bond acceptors (Lipinski definition) is 5. The number of ketones is 2. The number of terminal acetylenes is 2. The van der Waals surface area contributed by atoms with Crippen LogP contribution in [-0.2, 0) is 9.59 Å². The second kappa shape index (κ2) is 26.4. The minimum atomic E-state index is -0.178. The first kappa shape index (κ1) is 59.6. The van der Waals surface area contributed by atoms with Crippen molar-refractivity contribution in [2.75, 3.05) is 0 Å². The van der Waals surface area contributed by atoms with Crippen LogP contribution >= 0.6 is 0 Å². The highest BCUT2D eigenvalue weighted by Gasteiger charge is 2.55. The van der Waals surface area contributed by atoms with Crippen LogP contribution in [0.25, 0.3) is 0 Å². The van der Waals surface area contributed by atoms with E-state index in [1.807, 2.05) is 12.2 Å². The second-order valence-electron chi connectivity index (χ2n) is 27.0. The molecule has 16 atom stereocenters. The van der Waals surface area contributed by atoms with Crippen molar-refractivity contribution in [2.24, 2.45) is 75.9 Å². The molecular weight excluding hydrogens is 945 g/mol. The normalized spacial score (nSPS) is 40.6. The van der Waals surface area contributed by atoms with Crippen LogP contribution in [0.3, 0.4) is 0 Å². The van der Waals surface area contributed by atoms with Crippen molar-refractivity contribution in [3.05, 3.63) is 81.5 Å². The van der Waals surface area contributed by atoms with Crippen molar-refractivity contribution >= 4 is 11.6 Å². The quantitative estimate of drug-likeness (QED) is 0.166. The summed E-state index contributed by atoms with van der Waals surface area (Å²) in [5.74, 6) is 15.4. The van der Waals surface area contributed by atoms with E-state index in [2.05, 4.69) is 56.1 Å². The number of allylic oxidation sites excluding steroid dienone is 11. The molecule has 0 heterocycles. The maximum absolute atomic E-state index is 11.7. The van der Waals surface area contributed by atoms with Crippen molar-refractivity contribution in [3.63, 3.8) is 0 Å². The van der Waals surface area contributed by atoms with Gasteiger partial charge in [-0.2, -0.15) is 0 Å². The molecule has 0 radical (unpaired) electrons. The summed E-state index contributed by atoms with van der Waals surface area (Å²) < 4.78 is 0. The minimum absolute atomic E-state index is 0. The van der Waals surface area contributed by atoms with E-state index in [4.69, 9.17) is 12.8 Å². The maximum Gasteiger partial charge on any atom is 0.155 e. The summed E-state index contributed by atoms with van der Waals surface area (Å²) in [5, 5.41) is 28.6. The van der Waals surface area contributed by atoms with Crippen LogP contribution in [0.5, 0.6) is 0 Å². The fraction of sp³-hybridized carbons (Fsp3) is 0.722. The molecule has 3 N–H and O–H groups in total.